The Morgan fingerprint density at radius 2 is 1.89 bits per heavy atom. The van der Waals surface area contributed by atoms with Crippen LogP contribution in [0.5, 0.6) is 0 Å². The average Bonchev–Trinajstić information content (AvgIpc) is 2.63. The Balaban J connectivity index is 2.36. The Morgan fingerprint density at radius 3 is 2.39 bits per heavy atom. The number of carbonyl (C=O) groups is 2. The summed E-state index contributed by atoms with van der Waals surface area (Å²) in [5.41, 5.74) is 0. The third-order valence-corrected chi connectivity index (χ3v) is 3.45. The molecule has 0 spiro atoms. The molecule has 5 nitrogen and oxygen atoms in total. The SMILES string of the molecule is COC(=O)C(CO)NC(=O)CC1CCCCCC1. The van der Waals surface area contributed by atoms with Gasteiger partial charge in [0.05, 0.1) is 13.7 Å². The minimum absolute atomic E-state index is 0.175. The van der Waals surface area contributed by atoms with Crippen molar-refractivity contribution >= 4 is 11.9 Å². The minimum atomic E-state index is -0.937. The molecule has 0 aromatic heterocycles. The molecule has 1 atom stereocenters. The predicted molar refractivity (Wildman–Crippen MR) is 66.8 cm³/mol. The van der Waals surface area contributed by atoms with Crippen molar-refractivity contribution < 1.29 is 19.4 Å². The van der Waals surface area contributed by atoms with Crippen LogP contribution in [-0.2, 0) is 14.3 Å². The largest absolute Gasteiger partial charge is 0.467 e. The van der Waals surface area contributed by atoms with E-state index in [2.05, 4.69) is 10.1 Å². The number of methoxy groups -OCH3 is 1. The number of ether oxygens (including phenoxy) is 1. The number of esters is 1. The highest BCUT2D eigenvalue weighted by molar-refractivity contribution is 5.84. The predicted octanol–water partition coefficient (Wildman–Crippen LogP) is 0.997. The molecule has 1 rings (SSSR count). The monoisotopic (exact) mass is 257 g/mol. The van der Waals surface area contributed by atoms with Gasteiger partial charge in [-0.3, -0.25) is 4.79 Å². The van der Waals surface area contributed by atoms with Gasteiger partial charge in [-0.2, -0.15) is 0 Å². The van der Waals surface area contributed by atoms with E-state index in [0.717, 1.165) is 12.8 Å². The maximum Gasteiger partial charge on any atom is 0.330 e. The molecule has 1 aliphatic rings. The van der Waals surface area contributed by atoms with Crippen molar-refractivity contribution in [2.45, 2.75) is 51.0 Å². The van der Waals surface area contributed by atoms with E-state index >= 15 is 0 Å². The molecule has 0 aromatic rings. The second kappa shape index (κ2) is 8.08. The molecule has 0 bridgehead atoms. The molecule has 0 aliphatic heterocycles. The molecule has 0 aromatic carbocycles. The fourth-order valence-electron chi connectivity index (χ4n) is 2.40. The summed E-state index contributed by atoms with van der Waals surface area (Å²) in [5.74, 6) is -0.373. The van der Waals surface area contributed by atoms with E-state index in [4.69, 9.17) is 5.11 Å². The highest BCUT2D eigenvalue weighted by Crippen LogP contribution is 2.25. The second-order valence-corrected chi connectivity index (χ2v) is 4.89. The van der Waals surface area contributed by atoms with E-state index in [1.54, 1.807) is 0 Å². The molecule has 1 saturated carbocycles. The van der Waals surface area contributed by atoms with Gasteiger partial charge in [0.1, 0.15) is 0 Å². The number of hydrogen-bond acceptors (Lipinski definition) is 4. The molecular weight excluding hydrogens is 234 g/mol. The van der Waals surface area contributed by atoms with Crippen LogP contribution >= 0.6 is 0 Å². The number of aliphatic hydroxyl groups excluding tert-OH is 1. The lowest BCUT2D eigenvalue weighted by molar-refractivity contribution is -0.146. The summed E-state index contributed by atoms with van der Waals surface area (Å²) in [6.07, 6.45) is 7.45. The van der Waals surface area contributed by atoms with E-state index in [1.165, 1.54) is 32.8 Å². The number of amides is 1. The van der Waals surface area contributed by atoms with Crippen molar-refractivity contribution in [2.24, 2.45) is 5.92 Å². The van der Waals surface area contributed by atoms with Gasteiger partial charge < -0.3 is 15.2 Å². The minimum Gasteiger partial charge on any atom is -0.467 e. The standard InChI is InChI=1S/C13H23NO4/c1-18-13(17)11(9-15)14-12(16)8-10-6-4-2-3-5-7-10/h10-11,15H,2-9H2,1H3,(H,14,16). The summed E-state index contributed by atoms with van der Waals surface area (Å²) in [5, 5.41) is 11.5. The summed E-state index contributed by atoms with van der Waals surface area (Å²) in [6, 6.07) is -0.937. The average molecular weight is 257 g/mol. The summed E-state index contributed by atoms with van der Waals surface area (Å²) < 4.78 is 4.50. The lowest BCUT2D eigenvalue weighted by atomic mass is 9.96. The van der Waals surface area contributed by atoms with Crippen LogP contribution < -0.4 is 5.32 Å². The van der Waals surface area contributed by atoms with Crippen LogP contribution in [0.3, 0.4) is 0 Å². The zero-order chi connectivity index (χ0) is 13.4. The van der Waals surface area contributed by atoms with Gasteiger partial charge in [0, 0.05) is 6.42 Å². The molecule has 0 heterocycles. The van der Waals surface area contributed by atoms with Gasteiger partial charge in [-0.15, -0.1) is 0 Å². The molecule has 1 amide bonds. The van der Waals surface area contributed by atoms with Gasteiger partial charge in [-0.25, -0.2) is 4.79 Å². The molecule has 18 heavy (non-hydrogen) atoms. The summed E-state index contributed by atoms with van der Waals surface area (Å²) in [4.78, 5) is 23.0. The molecule has 1 unspecified atom stereocenters. The summed E-state index contributed by atoms with van der Waals surface area (Å²) >= 11 is 0. The zero-order valence-corrected chi connectivity index (χ0v) is 11.0. The van der Waals surface area contributed by atoms with Crippen molar-refractivity contribution in [3.8, 4) is 0 Å². The summed E-state index contributed by atoms with van der Waals surface area (Å²) in [6.45, 7) is -0.428. The fourth-order valence-corrected chi connectivity index (χ4v) is 2.40. The molecule has 1 aliphatic carbocycles. The lowest BCUT2D eigenvalue weighted by Gasteiger charge is -2.17. The van der Waals surface area contributed by atoms with Gasteiger partial charge >= 0.3 is 5.97 Å². The summed E-state index contributed by atoms with van der Waals surface area (Å²) in [7, 11) is 1.24. The normalized spacial score (nSPS) is 18.8. The quantitative estimate of drug-likeness (QED) is 0.569. The maximum atomic E-state index is 11.8. The first kappa shape index (κ1) is 15.0. The lowest BCUT2D eigenvalue weighted by Crippen LogP contribution is -2.44. The Kier molecular flexibility index (Phi) is 6.72. The van der Waals surface area contributed by atoms with Crippen molar-refractivity contribution in [3.05, 3.63) is 0 Å². The number of carbonyl (C=O) groups excluding carboxylic acids is 2. The van der Waals surface area contributed by atoms with E-state index < -0.39 is 18.6 Å². The van der Waals surface area contributed by atoms with Gasteiger partial charge in [-0.1, -0.05) is 25.7 Å². The number of hydrogen-bond donors (Lipinski definition) is 2. The highest BCUT2D eigenvalue weighted by atomic mass is 16.5. The first-order chi connectivity index (χ1) is 8.67. The first-order valence-electron chi connectivity index (χ1n) is 6.65. The smallest absolute Gasteiger partial charge is 0.330 e. The van der Waals surface area contributed by atoms with E-state index in [1.807, 2.05) is 0 Å². The van der Waals surface area contributed by atoms with Crippen LogP contribution in [0, 0.1) is 5.92 Å². The molecular formula is C13H23NO4. The number of rotatable bonds is 5. The number of nitrogens with one attached hydrogen (secondary N) is 1. The van der Waals surface area contributed by atoms with Crippen LogP contribution in [0.25, 0.3) is 0 Å². The van der Waals surface area contributed by atoms with Crippen molar-refractivity contribution in [1.82, 2.24) is 5.32 Å². The Labute approximate surface area is 108 Å². The topological polar surface area (TPSA) is 75.6 Å². The van der Waals surface area contributed by atoms with Crippen LogP contribution in [0.15, 0.2) is 0 Å². The fraction of sp³-hybridized carbons (Fsp3) is 0.846. The third kappa shape index (κ3) is 5.04. The van der Waals surface area contributed by atoms with Gasteiger partial charge in [-0.05, 0) is 18.8 Å². The zero-order valence-electron chi connectivity index (χ0n) is 11.0. The molecule has 104 valence electrons. The van der Waals surface area contributed by atoms with Crippen molar-refractivity contribution in [3.63, 3.8) is 0 Å². The Morgan fingerprint density at radius 1 is 1.28 bits per heavy atom. The third-order valence-electron chi connectivity index (χ3n) is 3.45. The maximum absolute atomic E-state index is 11.8. The Bertz CT molecular complexity index is 272. The molecule has 0 radical (unpaired) electrons. The van der Waals surface area contributed by atoms with Gasteiger partial charge in [0.15, 0.2) is 6.04 Å². The van der Waals surface area contributed by atoms with Crippen molar-refractivity contribution in [2.75, 3.05) is 13.7 Å². The van der Waals surface area contributed by atoms with E-state index in [0.29, 0.717) is 12.3 Å². The first-order valence-corrected chi connectivity index (χ1v) is 6.65. The van der Waals surface area contributed by atoms with Gasteiger partial charge in [0.25, 0.3) is 0 Å². The Hall–Kier alpha value is -1.10. The second-order valence-electron chi connectivity index (χ2n) is 4.89. The van der Waals surface area contributed by atoms with E-state index in [-0.39, 0.29) is 5.91 Å². The van der Waals surface area contributed by atoms with Crippen LogP contribution in [0.2, 0.25) is 0 Å². The van der Waals surface area contributed by atoms with Crippen LogP contribution in [-0.4, -0.2) is 36.7 Å². The van der Waals surface area contributed by atoms with Gasteiger partial charge in [0.2, 0.25) is 5.91 Å². The van der Waals surface area contributed by atoms with Crippen molar-refractivity contribution in [1.29, 1.82) is 0 Å². The molecule has 0 saturated heterocycles. The van der Waals surface area contributed by atoms with E-state index in [9.17, 15) is 9.59 Å². The van der Waals surface area contributed by atoms with Crippen LogP contribution in [0.1, 0.15) is 44.9 Å². The molecule has 2 N–H and O–H groups in total. The molecule has 5 heteroatoms. The highest BCUT2D eigenvalue weighted by Gasteiger charge is 2.22. The number of aliphatic hydroxyl groups is 1. The molecule has 1 fully saturated rings. The van der Waals surface area contributed by atoms with Crippen LogP contribution in [0.4, 0.5) is 0 Å².